The summed E-state index contributed by atoms with van der Waals surface area (Å²) in [4.78, 5) is 0. The first-order valence-electron chi connectivity index (χ1n) is 9.45. The fourth-order valence-corrected chi connectivity index (χ4v) is 3.54. The van der Waals surface area contributed by atoms with Gasteiger partial charge < -0.3 is 4.74 Å². The molecule has 0 unspecified atom stereocenters. The Labute approximate surface area is 189 Å². The van der Waals surface area contributed by atoms with Gasteiger partial charge in [-0.3, -0.25) is 0 Å². The molecule has 0 fully saturated rings. The minimum absolute atomic E-state index is 0.0373. The summed E-state index contributed by atoms with van der Waals surface area (Å²) in [6.07, 6.45) is 0. The molecule has 0 spiro atoms. The third-order valence-electron chi connectivity index (χ3n) is 4.89. The monoisotopic (exact) mass is 504 g/mol. The van der Waals surface area contributed by atoms with Crippen molar-refractivity contribution in [1.82, 2.24) is 0 Å². The molecule has 4 rings (SSSR count). The Morgan fingerprint density at radius 2 is 1.28 bits per heavy atom. The van der Waals surface area contributed by atoms with E-state index in [1.165, 1.54) is 36.4 Å². The molecule has 7 heteroatoms. The zero-order valence-corrected chi connectivity index (χ0v) is 17.9. The maximum atomic E-state index is 14.7. The van der Waals surface area contributed by atoms with E-state index in [0.29, 0.717) is 0 Å². The topological polar surface area (TPSA) is 9.23 Å². The molecule has 0 saturated heterocycles. The molecule has 0 amide bonds. The van der Waals surface area contributed by atoms with Gasteiger partial charge in [-0.2, -0.15) is 4.39 Å². The predicted octanol–water partition coefficient (Wildman–Crippen LogP) is 8.06. The lowest BCUT2D eigenvalue weighted by Gasteiger charge is -2.12. The Balaban J connectivity index is 1.63. The van der Waals surface area contributed by atoms with Gasteiger partial charge in [0.2, 0.25) is 5.82 Å². The van der Waals surface area contributed by atoms with Crippen LogP contribution in [0.1, 0.15) is 5.56 Å². The Bertz CT molecular complexity index is 1290. The Morgan fingerprint density at radius 3 is 2.00 bits per heavy atom. The van der Waals surface area contributed by atoms with E-state index < -0.39 is 29.1 Å². The van der Waals surface area contributed by atoms with Gasteiger partial charge in [0.15, 0.2) is 23.2 Å². The van der Waals surface area contributed by atoms with Gasteiger partial charge in [-0.25, -0.2) is 17.6 Å². The molecule has 32 heavy (non-hydrogen) atoms. The second kappa shape index (κ2) is 9.12. The van der Waals surface area contributed by atoms with E-state index in [4.69, 9.17) is 4.74 Å². The Kier molecular flexibility index (Phi) is 6.28. The zero-order chi connectivity index (χ0) is 22.8. The van der Waals surface area contributed by atoms with Crippen molar-refractivity contribution >= 4 is 15.9 Å². The quantitative estimate of drug-likeness (QED) is 0.197. The van der Waals surface area contributed by atoms with Gasteiger partial charge in [0.1, 0.15) is 12.4 Å². The molecule has 0 saturated carbocycles. The van der Waals surface area contributed by atoms with Crippen LogP contribution in [0, 0.1) is 29.1 Å². The van der Waals surface area contributed by atoms with Crippen LogP contribution in [-0.4, -0.2) is 0 Å². The number of rotatable bonds is 5. The largest absolute Gasteiger partial charge is 0.486 e. The molecule has 0 radical (unpaired) electrons. The second-order valence-corrected chi connectivity index (χ2v) is 7.79. The van der Waals surface area contributed by atoms with Gasteiger partial charge in [-0.05, 0) is 57.4 Å². The van der Waals surface area contributed by atoms with Gasteiger partial charge in [0, 0.05) is 16.7 Å². The molecule has 0 atom stereocenters. The summed E-state index contributed by atoms with van der Waals surface area (Å²) in [6, 6.07) is 17.4. The van der Waals surface area contributed by atoms with Crippen molar-refractivity contribution in [3.8, 4) is 28.0 Å². The van der Waals surface area contributed by atoms with Crippen molar-refractivity contribution in [1.29, 1.82) is 0 Å². The molecule has 0 aliphatic carbocycles. The fraction of sp³-hybridized carbons (Fsp3) is 0.0400. The van der Waals surface area contributed by atoms with E-state index in [1.807, 2.05) is 6.07 Å². The van der Waals surface area contributed by atoms with Crippen LogP contribution >= 0.6 is 15.9 Å². The molecule has 0 heterocycles. The summed E-state index contributed by atoms with van der Waals surface area (Å²) in [6.45, 7) is 0.0508. The van der Waals surface area contributed by atoms with E-state index in [-0.39, 0.29) is 39.1 Å². The first-order chi connectivity index (χ1) is 15.4. The molecule has 4 aromatic carbocycles. The van der Waals surface area contributed by atoms with Crippen LogP contribution in [0.2, 0.25) is 0 Å². The minimum Gasteiger partial charge on any atom is -0.486 e. The number of halogens is 6. The summed E-state index contributed by atoms with van der Waals surface area (Å²) in [5.41, 5.74) is 0.135. The molecule has 0 bridgehead atoms. The van der Waals surface area contributed by atoms with Crippen molar-refractivity contribution in [2.75, 3.05) is 0 Å². The second-order valence-electron chi connectivity index (χ2n) is 6.93. The third kappa shape index (κ3) is 4.25. The van der Waals surface area contributed by atoms with Gasteiger partial charge in [-0.1, -0.05) is 42.5 Å². The molecule has 4 aromatic rings. The van der Waals surface area contributed by atoms with Crippen molar-refractivity contribution in [3.05, 3.63) is 112 Å². The van der Waals surface area contributed by atoms with E-state index in [0.717, 1.165) is 11.6 Å². The lowest BCUT2D eigenvalue weighted by atomic mass is 9.98. The number of benzene rings is 4. The summed E-state index contributed by atoms with van der Waals surface area (Å²) in [5.74, 6) is -5.96. The van der Waals surface area contributed by atoms with E-state index in [2.05, 4.69) is 15.9 Å². The number of hydrogen-bond donors (Lipinski definition) is 0. The van der Waals surface area contributed by atoms with Crippen molar-refractivity contribution < 1.29 is 26.7 Å². The molecule has 0 aliphatic heterocycles. The maximum Gasteiger partial charge on any atom is 0.201 e. The predicted molar refractivity (Wildman–Crippen MR) is 116 cm³/mol. The van der Waals surface area contributed by atoms with Crippen LogP contribution in [0.4, 0.5) is 22.0 Å². The molecule has 162 valence electrons. The van der Waals surface area contributed by atoms with Crippen LogP contribution in [-0.2, 0) is 6.61 Å². The molecule has 0 aliphatic rings. The summed E-state index contributed by atoms with van der Waals surface area (Å²) in [5, 5.41) is 0. The highest BCUT2D eigenvalue weighted by Crippen LogP contribution is 2.35. The van der Waals surface area contributed by atoms with Crippen LogP contribution < -0.4 is 4.74 Å². The minimum atomic E-state index is -1.22. The molecular formula is C25H14BrF5O. The van der Waals surface area contributed by atoms with Gasteiger partial charge in [0.05, 0.1) is 4.47 Å². The van der Waals surface area contributed by atoms with Crippen molar-refractivity contribution in [2.24, 2.45) is 0 Å². The summed E-state index contributed by atoms with van der Waals surface area (Å²) < 4.78 is 77.2. The lowest BCUT2D eigenvalue weighted by molar-refractivity contribution is 0.285. The SMILES string of the molecule is Fc1cc(-c2ccc(OCc3ccccc3)c(F)c2F)ccc1-c1ccc(Br)c(F)c1F. The molecular weight excluding hydrogens is 491 g/mol. The zero-order valence-electron chi connectivity index (χ0n) is 16.3. The van der Waals surface area contributed by atoms with Crippen LogP contribution in [0.15, 0.2) is 77.3 Å². The Morgan fingerprint density at radius 1 is 0.625 bits per heavy atom. The molecule has 1 nitrogen and oxygen atoms in total. The third-order valence-corrected chi connectivity index (χ3v) is 5.50. The van der Waals surface area contributed by atoms with Crippen LogP contribution in [0.25, 0.3) is 22.3 Å². The highest BCUT2D eigenvalue weighted by Gasteiger charge is 2.19. The first kappa shape index (κ1) is 22.0. The van der Waals surface area contributed by atoms with Crippen LogP contribution in [0.3, 0.4) is 0 Å². The Hall–Kier alpha value is -3.19. The summed E-state index contributed by atoms with van der Waals surface area (Å²) >= 11 is 2.86. The number of hydrogen-bond acceptors (Lipinski definition) is 1. The van der Waals surface area contributed by atoms with Crippen LogP contribution in [0.5, 0.6) is 5.75 Å². The average molecular weight is 505 g/mol. The standard InChI is InChI=1S/C25H14BrF5O/c26-19-10-8-18(23(29)24(19)30)17-7-6-15(12-20(17)27)16-9-11-21(25(31)22(16)28)32-13-14-4-2-1-3-5-14/h1-12H,13H2. The highest BCUT2D eigenvalue weighted by molar-refractivity contribution is 9.10. The smallest absolute Gasteiger partial charge is 0.201 e. The van der Waals surface area contributed by atoms with E-state index in [1.54, 1.807) is 24.3 Å². The van der Waals surface area contributed by atoms with Gasteiger partial charge >= 0.3 is 0 Å². The average Bonchev–Trinajstić information content (AvgIpc) is 2.80. The van der Waals surface area contributed by atoms with Gasteiger partial charge in [0.25, 0.3) is 0 Å². The summed E-state index contributed by atoms with van der Waals surface area (Å²) in [7, 11) is 0. The van der Waals surface area contributed by atoms with Crippen molar-refractivity contribution in [2.45, 2.75) is 6.61 Å². The van der Waals surface area contributed by atoms with Crippen molar-refractivity contribution in [3.63, 3.8) is 0 Å². The normalized spacial score (nSPS) is 10.9. The fourth-order valence-electron chi connectivity index (χ4n) is 3.24. The highest BCUT2D eigenvalue weighted by atomic mass is 79.9. The molecule has 0 aromatic heterocycles. The van der Waals surface area contributed by atoms with E-state index >= 15 is 0 Å². The van der Waals surface area contributed by atoms with E-state index in [9.17, 15) is 22.0 Å². The first-order valence-corrected chi connectivity index (χ1v) is 10.2. The lowest BCUT2D eigenvalue weighted by Crippen LogP contribution is -2.00. The maximum absolute atomic E-state index is 14.7. The van der Waals surface area contributed by atoms with Gasteiger partial charge in [-0.15, -0.1) is 0 Å². The number of ether oxygens (including phenoxy) is 1. The molecule has 0 N–H and O–H groups in total.